The Morgan fingerprint density at radius 2 is 1.78 bits per heavy atom. The lowest BCUT2D eigenvalue weighted by molar-refractivity contribution is 0.949. The van der Waals surface area contributed by atoms with Gasteiger partial charge in [0.05, 0.1) is 17.0 Å². The summed E-state index contributed by atoms with van der Waals surface area (Å²) < 4.78 is 1.93. The molecule has 0 unspecified atom stereocenters. The molecule has 1 fully saturated rings. The number of nitriles is 1. The van der Waals surface area contributed by atoms with Crippen LogP contribution in [0.5, 0.6) is 0 Å². The highest BCUT2D eigenvalue weighted by Crippen LogP contribution is 2.33. The Morgan fingerprint density at radius 3 is 2.37 bits per heavy atom. The molecule has 0 atom stereocenters. The molecule has 0 N–H and O–H groups in total. The third-order valence-electron chi connectivity index (χ3n) is 4.78. The van der Waals surface area contributed by atoms with E-state index < -0.39 is 0 Å². The van der Waals surface area contributed by atoms with E-state index in [0.717, 1.165) is 41.2 Å². The van der Waals surface area contributed by atoms with Crippen LogP contribution >= 0.6 is 0 Å². The number of hydrogen-bond acceptors (Lipinski definition) is 4. The molecule has 1 saturated heterocycles. The third kappa shape index (κ3) is 2.97. The van der Waals surface area contributed by atoms with Gasteiger partial charge in [-0.15, -0.1) is 0 Å². The van der Waals surface area contributed by atoms with Crippen LogP contribution in [0.3, 0.4) is 0 Å². The summed E-state index contributed by atoms with van der Waals surface area (Å²) in [6.45, 7) is 15.8. The van der Waals surface area contributed by atoms with Gasteiger partial charge in [-0.05, 0) is 44.1 Å². The highest BCUT2D eigenvalue weighted by Gasteiger charge is 2.21. The molecule has 0 spiro atoms. The van der Waals surface area contributed by atoms with Crippen molar-refractivity contribution < 1.29 is 0 Å². The number of aromatic nitrogens is 3. The molecule has 0 radical (unpaired) electrons. The number of aryl methyl sites for hydroxylation is 1. The number of anilines is 1. The molecule has 4 heterocycles. The smallest absolute Gasteiger partial charge is 0.157 e. The van der Waals surface area contributed by atoms with E-state index in [0.29, 0.717) is 16.9 Å². The van der Waals surface area contributed by atoms with E-state index in [2.05, 4.69) is 35.2 Å². The molecule has 0 aromatic carbocycles. The quantitative estimate of drug-likeness (QED) is 0.662. The van der Waals surface area contributed by atoms with Crippen LogP contribution in [-0.4, -0.2) is 27.5 Å². The van der Waals surface area contributed by atoms with E-state index in [1.54, 1.807) is 12.2 Å². The fourth-order valence-electron chi connectivity index (χ4n) is 3.66. The van der Waals surface area contributed by atoms with Gasteiger partial charge in [0.15, 0.2) is 5.65 Å². The van der Waals surface area contributed by atoms with Crippen LogP contribution in [0.25, 0.3) is 28.8 Å². The molecule has 0 bridgehead atoms. The van der Waals surface area contributed by atoms with Crippen molar-refractivity contribution in [3.8, 4) is 6.07 Å². The monoisotopic (exact) mass is 359 g/mol. The highest BCUT2D eigenvalue weighted by atomic mass is 15.2. The van der Waals surface area contributed by atoms with E-state index in [9.17, 15) is 5.26 Å². The largest absolute Gasteiger partial charge is 0.371 e. The number of hydrogen-bond donors (Lipinski definition) is 0. The van der Waals surface area contributed by atoms with Gasteiger partial charge in [-0.25, -0.2) is 9.97 Å². The van der Waals surface area contributed by atoms with Crippen molar-refractivity contribution in [1.29, 1.82) is 5.26 Å². The van der Waals surface area contributed by atoms with Crippen molar-refractivity contribution in [1.82, 2.24) is 14.4 Å². The molecule has 4 rings (SSSR count). The van der Waals surface area contributed by atoms with Crippen molar-refractivity contribution >= 4 is 34.5 Å². The topological polar surface area (TPSA) is 57.2 Å². The van der Waals surface area contributed by atoms with Crippen LogP contribution in [0.15, 0.2) is 25.3 Å². The summed E-state index contributed by atoms with van der Waals surface area (Å²) in [7, 11) is 0. The minimum Gasteiger partial charge on any atom is -0.371 e. The lowest BCUT2D eigenvalue weighted by atomic mass is 10.1. The van der Waals surface area contributed by atoms with Gasteiger partial charge >= 0.3 is 0 Å². The minimum atomic E-state index is 0.537. The second-order valence-electron chi connectivity index (χ2n) is 6.33. The van der Waals surface area contributed by atoms with Gasteiger partial charge in [0.25, 0.3) is 0 Å². The van der Waals surface area contributed by atoms with Crippen LogP contribution < -0.4 is 4.90 Å². The lowest BCUT2D eigenvalue weighted by Gasteiger charge is -2.21. The molecule has 27 heavy (non-hydrogen) atoms. The van der Waals surface area contributed by atoms with Gasteiger partial charge in [0.2, 0.25) is 0 Å². The number of imidazole rings is 1. The van der Waals surface area contributed by atoms with Crippen LogP contribution in [0.1, 0.15) is 49.3 Å². The van der Waals surface area contributed by atoms with Crippen LogP contribution in [-0.2, 0) is 0 Å². The molecular formula is C22H25N5. The van der Waals surface area contributed by atoms with Crippen molar-refractivity contribution in [3.05, 3.63) is 47.9 Å². The summed E-state index contributed by atoms with van der Waals surface area (Å²) in [6, 6.07) is 6.31. The van der Waals surface area contributed by atoms with E-state index >= 15 is 0 Å². The Hall–Kier alpha value is -3.13. The molecule has 0 amide bonds. The Labute approximate surface area is 160 Å². The molecule has 5 heteroatoms. The van der Waals surface area contributed by atoms with Crippen molar-refractivity contribution in [2.45, 2.75) is 33.6 Å². The summed E-state index contributed by atoms with van der Waals surface area (Å²) in [6.07, 6.45) is 5.82. The number of pyridine rings is 2. The molecular weight excluding hydrogens is 334 g/mol. The van der Waals surface area contributed by atoms with Crippen molar-refractivity contribution in [2.75, 3.05) is 18.0 Å². The van der Waals surface area contributed by atoms with E-state index in [1.807, 2.05) is 31.2 Å². The van der Waals surface area contributed by atoms with Crippen LogP contribution in [0.4, 0.5) is 5.69 Å². The number of fused-ring (bicyclic) bond motifs is 3. The molecule has 3 aromatic rings. The summed E-state index contributed by atoms with van der Waals surface area (Å²) in [4.78, 5) is 11.7. The van der Waals surface area contributed by atoms with Gasteiger partial charge in [0.1, 0.15) is 11.7 Å². The zero-order chi connectivity index (χ0) is 19.6. The molecule has 1 aliphatic rings. The normalized spacial score (nSPS) is 13.3. The average molecular weight is 359 g/mol. The fraction of sp³-hybridized carbons (Fsp3) is 0.318. The van der Waals surface area contributed by atoms with Gasteiger partial charge in [-0.3, -0.25) is 4.40 Å². The predicted molar refractivity (Wildman–Crippen MR) is 113 cm³/mol. The highest BCUT2D eigenvalue weighted by molar-refractivity contribution is 5.94. The lowest BCUT2D eigenvalue weighted by Crippen LogP contribution is -2.18. The molecule has 1 aliphatic heterocycles. The average Bonchev–Trinajstić information content (AvgIpc) is 3.36. The van der Waals surface area contributed by atoms with Gasteiger partial charge < -0.3 is 4.90 Å². The molecule has 5 nitrogen and oxygen atoms in total. The fourth-order valence-corrected chi connectivity index (χ4v) is 3.66. The number of rotatable bonds is 3. The molecule has 0 saturated carbocycles. The summed E-state index contributed by atoms with van der Waals surface area (Å²) in [5, 5.41) is 10.6. The van der Waals surface area contributed by atoms with Gasteiger partial charge in [-0.2, -0.15) is 5.26 Å². The first-order chi connectivity index (χ1) is 13.2. The summed E-state index contributed by atoms with van der Waals surface area (Å²) >= 11 is 0. The minimum absolute atomic E-state index is 0.537. The standard InChI is InChI=1S/C20H19N5.C2H6/c1-4-16-17(5-2)25-19(23-16)14(12-21)11-15-18(24-8-6-7-9-24)10-13(3)22-20(15)25;1-2/h4-5,10-11H,1-2,6-9H2,3H3;1-2H3. The number of nitrogens with zero attached hydrogens (tertiary/aromatic N) is 5. The zero-order valence-corrected chi connectivity index (χ0v) is 16.3. The van der Waals surface area contributed by atoms with Crippen LogP contribution in [0, 0.1) is 18.3 Å². The van der Waals surface area contributed by atoms with E-state index in [-0.39, 0.29) is 0 Å². The van der Waals surface area contributed by atoms with Gasteiger partial charge in [-0.1, -0.05) is 27.0 Å². The Kier molecular flexibility index (Phi) is 5.27. The Morgan fingerprint density at radius 1 is 1.07 bits per heavy atom. The zero-order valence-electron chi connectivity index (χ0n) is 16.3. The maximum Gasteiger partial charge on any atom is 0.157 e. The second kappa shape index (κ2) is 7.63. The maximum absolute atomic E-state index is 9.66. The molecule has 138 valence electrons. The van der Waals surface area contributed by atoms with Crippen LogP contribution in [0.2, 0.25) is 0 Å². The first kappa shape index (κ1) is 18.7. The van der Waals surface area contributed by atoms with Crippen molar-refractivity contribution in [3.63, 3.8) is 0 Å². The first-order valence-electron chi connectivity index (χ1n) is 9.44. The predicted octanol–water partition coefficient (Wildman–Crippen LogP) is 4.98. The van der Waals surface area contributed by atoms with Crippen molar-refractivity contribution in [2.24, 2.45) is 0 Å². The molecule has 3 aromatic heterocycles. The Bertz CT molecular complexity index is 1060. The van der Waals surface area contributed by atoms with Gasteiger partial charge in [0, 0.05) is 29.9 Å². The second-order valence-corrected chi connectivity index (χ2v) is 6.33. The summed E-state index contributed by atoms with van der Waals surface area (Å²) in [5.41, 5.74) is 5.57. The maximum atomic E-state index is 9.66. The SMILES string of the molecule is C=Cc1nc2c(C#N)cc3c(N4CCCC4)cc(C)nc3n2c1C=C.CC. The molecule has 0 aliphatic carbocycles. The third-order valence-corrected chi connectivity index (χ3v) is 4.78. The Balaban J connectivity index is 0.00000102. The van der Waals surface area contributed by atoms with E-state index in [1.165, 1.54) is 12.8 Å². The summed E-state index contributed by atoms with van der Waals surface area (Å²) in [5.74, 6) is 0. The first-order valence-corrected chi connectivity index (χ1v) is 9.44. The van der Waals surface area contributed by atoms with E-state index in [4.69, 9.17) is 4.98 Å².